The minimum atomic E-state index is -4.45. The van der Waals surface area contributed by atoms with Gasteiger partial charge in [0.05, 0.1) is 16.7 Å². The van der Waals surface area contributed by atoms with Gasteiger partial charge in [0, 0.05) is 37.7 Å². The van der Waals surface area contributed by atoms with E-state index in [0.717, 1.165) is 12.3 Å². The van der Waals surface area contributed by atoms with Crippen molar-refractivity contribution in [1.29, 1.82) is 0 Å². The number of anilines is 1. The Balaban J connectivity index is 1.51. The number of nitrogens with zero attached hydrogens (tertiary/aromatic N) is 4. The number of hydrogen-bond donors (Lipinski definition) is 1. The molecule has 1 fully saturated rings. The number of alkyl halides is 3. The molecule has 1 aliphatic heterocycles. The smallest absolute Gasteiger partial charge is 0.366 e. The van der Waals surface area contributed by atoms with Crippen LogP contribution in [0, 0.1) is 5.82 Å². The lowest BCUT2D eigenvalue weighted by atomic mass is 10.0. The molecule has 3 aromatic rings. The first-order chi connectivity index (χ1) is 15.3. The van der Waals surface area contributed by atoms with Crippen molar-refractivity contribution < 1.29 is 22.4 Å². The number of nitrogens with one attached hydrogen (secondary N) is 1. The highest BCUT2D eigenvalue weighted by Gasteiger charge is 2.31. The molecule has 3 heterocycles. The second kappa shape index (κ2) is 8.89. The molecule has 1 saturated heterocycles. The van der Waals surface area contributed by atoms with Crippen LogP contribution in [0.3, 0.4) is 0 Å². The van der Waals surface area contributed by atoms with Crippen molar-refractivity contribution in [2.24, 2.45) is 0 Å². The number of pyridine rings is 1. The fourth-order valence-corrected chi connectivity index (χ4v) is 3.66. The van der Waals surface area contributed by atoms with Crippen LogP contribution >= 0.6 is 0 Å². The van der Waals surface area contributed by atoms with Crippen LogP contribution in [0.4, 0.5) is 23.4 Å². The van der Waals surface area contributed by atoms with E-state index in [0.29, 0.717) is 31.7 Å². The highest BCUT2D eigenvalue weighted by Crippen LogP contribution is 2.29. The normalized spacial score (nSPS) is 16.6. The number of halogens is 4. The van der Waals surface area contributed by atoms with E-state index >= 15 is 0 Å². The molecule has 0 aliphatic carbocycles. The summed E-state index contributed by atoms with van der Waals surface area (Å²) < 4.78 is 52.8. The second-order valence-electron chi connectivity index (χ2n) is 7.40. The number of rotatable bonds is 4. The predicted octanol–water partition coefficient (Wildman–Crippen LogP) is 4.41. The summed E-state index contributed by atoms with van der Waals surface area (Å²) in [6.45, 7) is 0.774. The van der Waals surface area contributed by atoms with Gasteiger partial charge in [0.15, 0.2) is 5.82 Å². The van der Waals surface area contributed by atoms with Crippen LogP contribution in [-0.4, -0.2) is 44.9 Å². The van der Waals surface area contributed by atoms with Gasteiger partial charge in [-0.05, 0) is 43.2 Å². The molecule has 0 radical (unpaired) electrons. The molecule has 10 heteroatoms. The summed E-state index contributed by atoms with van der Waals surface area (Å²) >= 11 is 0. The van der Waals surface area contributed by atoms with Crippen LogP contribution in [0.25, 0.3) is 11.4 Å². The maximum atomic E-state index is 14.6. The average molecular weight is 445 g/mol. The van der Waals surface area contributed by atoms with Crippen LogP contribution in [0.1, 0.15) is 28.8 Å². The van der Waals surface area contributed by atoms with Crippen LogP contribution in [-0.2, 0) is 6.18 Å². The van der Waals surface area contributed by atoms with Crippen molar-refractivity contribution in [2.45, 2.75) is 25.1 Å². The first kappa shape index (κ1) is 21.7. The largest absolute Gasteiger partial charge is 0.417 e. The standard InChI is InChI=1S/C22H19F4N5O/c23-17-6-1-5-16(19(17)20-27-9-3-10-28-20)21(32)31-11-2-4-15(13-31)30-18-8-7-14(12-29-18)22(24,25)26/h1,3,5-10,12,15H,2,4,11,13H2,(H,29,30). The fourth-order valence-electron chi connectivity index (χ4n) is 3.66. The molecule has 0 saturated carbocycles. The third-order valence-corrected chi connectivity index (χ3v) is 5.18. The van der Waals surface area contributed by atoms with Gasteiger partial charge < -0.3 is 10.2 Å². The van der Waals surface area contributed by atoms with Crippen molar-refractivity contribution in [3.05, 3.63) is 71.9 Å². The van der Waals surface area contributed by atoms with Crippen LogP contribution in [0.2, 0.25) is 0 Å². The lowest BCUT2D eigenvalue weighted by Crippen LogP contribution is -2.45. The van der Waals surface area contributed by atoms with Crippen molar-refractivity contribution in [2.75, 3.05) is 18.4 Å². The number of benzene rings is 1. The highest BCUT2D eigenvalue weighted by molar-refractivity contribution is 6.00. The zero-order valence-corrected chi connectivity index (χ0v) is 16.8. The first-order valence-electron chi connectivity index (χ1n) is 9.98. The highest BCUT2D eigenvalue weighted by atomic mass is 19.4. The minimum absolute atomic E-state index is 0.0394. The van der Waals surface area contributed by atoms with E-state index in [1.54, 1.807) is 11.0 Å². The lowest BCUT2D eigenvalue weighted by Gasteiger charge is -2.34. The van der Waals surface area contributed by atoms with Gasteiger partial charge in [0.1, 0.15) is 11.6 Å². The fraction of sp³-hybridized carbons (Fsp3) is 0.273. The Kier molecular flexibility index (Phi) is 6.02. The molecule has 166 valence electrons. The number of piperidine rings is 1. The van der Waals surface area contributed by atoms with Crippen LogP contribution < -0.4 is 5.32 Å². The Bertz CT molecular complexity index is 1090. The Labute approximate surface area is 181 Å². The van der Waals surface area contributed by atoms with E-state index in [1.165, 1.54) is 36.7 Å². The number of amides is 1. The summed E-state index contributed by atoms with van der Waals surface area (Å²) in [5.74, 6) is -0.544. The van der Waals surface area contributed by atoms with E-state index in [2.05, 4.69) is 20.3 Å². The summed E-state index contributed by atoms with van der Waals surface area (Å²) in [6.07, 6.45) is 0.653. The molecule has 4 rings (SSSR count). The van der Waals surface area contributed by atoms with E-state index in [9.17, 15) is 22.4 Å². The molecule has 2 aromatic heterocycles. The molecule has 32 heavy (non-hydrogen) atoms. The zero-order chi connectivity index (χ0) is 22.7. The van der Waals surface area contributed by atoms with Crippen molar-refractivity contribution in [1.82, 2.24) is 19.9 Å². The average Bonchev–Trinajstić information content (AvgIpc) is 2.79. The SMILES string of the molecule is O=C(c1cccc(F)c1-c1ncccn1)N1CCCC(Nc2ccc(C(F)(F)F)cn2)C1. The zero-order valence-electron chi connectivity index (χ0n) is 16.8. The third kappa shape index (κ3) is 4.68. The van der Waals surface area contributed by atoms with Gasteiger partial charge in [0.2, 0.25) is 0 Å². The number of likely N-dealkylation sites (tertiary alicyclic amines) is 1. The Morgan fingerprint density at radius 2 is 1.84 bits per heavy atom. The number of carbonyl (C=O) groups excluding carboxylic acids is 1. The molecule has 1 atom stereocenters. The van der Waals surface area contributed by atoms with Gasteiger partial charge in [-0.25, -0.2) is 19.3 Å². The molecule has 1 amide bonds. The van der Waals surface area contributed by atoms with Gasteiger partial charge in [-0.15, -0.1) is 0 Å². The Morgan fingerprint density at radius 3 is 2.53 bits per heavy atom. The topological polar surface area (TPSA) is 71.0 Å². The maximum Gasteiger partial charge on any atom is 0.417 e. The van der Waals surface area contributed by atoms with Gasteiger partial charge in [-0.2, -0.15) is 13.2 Å². The first-order valence-corrected chi connectivity index (χ1v) is 9.98. The third-order valence-electron chi connectivity index (χ3n) is 5.18. The maximum absolute atomic E-state index is 14.6. The minimum Gasteiger partial charge on any atom is -0.366 e. The van der Waals surface area contributed by atoms with Crippen molar-refractivity contribution in [3.8, 4) is 11.4 Å². The molecular formula is C22H19F4N5O. The van der Waals surface area contributed by atoms with Gasteiger partial charge in [-0.3, -0.25) is 4.79 Å². The summed E-state index contributed by atoms with van der Waals surface area (Å²) in [4.78, 5) is 26.8. The Morgan fingerprint density at radius 1 is 1.06 bits per heavy atom. The van der Waals surface area contributed by atoms with Gasteiger partial charge in [0.25, 0.3) is 5.91 Å². The van der Waals surface area contributed by atoms with E-state index in [-0.39, 0.29) is 28.9 Å². The van der Waals surface area contributed by atoms with Gasteiger partial charge >= 0.3 is 6.18 Å². The monoisotopic (exact) mass is 445 g/mol. The number of carbonyl (C=O) groups is 1. The summed E-state index contributed by atoms with van der Waals surface area (Å²) in [5, 5.41) is 3.08. The summed E-state index contributed by atoms with van der Waals surface area (Å²) in [7, 11) is 0. The molecular weight excluding hydrogens is 426 g/mol. The summed E-state index contributed by atoms with van der Waals surface area (Å²) in [6, 6.07) is 7.86. The van der Waals surface area contributed by atoms with Crippen LogP contribution in [0.5, 0.6) is 0 Å². The second-order valence-corrected chi connectivity index (χ2v) is 7.40. The summed E-state index contributed by atoms with van der Waals surface area (Å²) in [5.41, 5.74) is -0.632. The molecule has 0 bridgehead atoms. The van der Waals surface area contributed by atoms with E-state index in [1.807, 2.05) is 0 Å². The molecule has 1 aromatic carbocycles. The van der Waals surface area contributed by atoms with E-state index in [4.69, 9.17) is 0 Å². The number of hydrogen-bond acceptors (Lipinski definition) is 5. The number of aromatic nitrogens is 3. The van der Waals surface area contributed by atoms with Crippen molar-refractivity contribution >= 4 is 11.7 Å². The molecule has 0 spiro atoms. The molecule has 1 unspecified atom stereocenters. The predicted molar refractivity (Wildman–Crippen MR) is 109 cm³/mol. The van der Waals surface area contributed by atoms with E-state index < -0.39 is 17.6 Å². The molecule has 1 N–H and O–H groups in total. The molecule has 6 nitrogen and oxygen atoms in total. The quantitative estimate of drug-likeness (QED) is 0.603. The lowest BCUT2D eigenvalue weighted by molar-refractivity contribution is -0.137. The Hall–Kier alpha value is -3.56. The molecule has 1 aliphatic rings. The van der Waals surface area contributed by atoms with Crippen molar-refractivity contribution in [3.63, 3.8) is 0 Å². The van der Waals surface area contributed by atoms with Gasteiger partial charge in [-0.1, -0.05) is 6.07 Å². The van der Waals surface area contributed by atoms with Crippen LogP contribution in [0.15, 0.2) is 55.0 Å².